The largest absolute Gasteiger partial charge is 0.339 e. The third-order valence-corrected chi connectivity index (χ3v) is 2.59. The van der Waals surface area contributed by atoms with E-state index in [9.17, 15) is 0 Å². The van der Waals surface area contributed by atoms with Gasteiger partial charge in [0, 0.05) is 0 Å². The van der Waals surface area contributed by atoms with E-state index in [2.05, 4.69) is 47.2 Å². The van der Waals surface area contributed by atoms with Gasteiger partial charge in [-0.3, -0.25) is 0 Å². The van der Waals surface area contributed by atoms with Gasteiger partial charge >= 0.3 is 0 Å². The minimum absolute atomic E-state index is 0.0148. The van der Waals surface area contributed by atoms with E-state index in [1.54, 1.807) is 0 Å². The Morgan fingerprint density at radius 3 is 2.41 bits per heavy atom. The first-order chi connectivity index (χ1) is 8.24. The molecule has 0 radical (unpaired) electrons. The van der Waals surface area contributed by atoms with Crippen molar-refractivity contribution in [3.8, 4) is 12.3 Å². The summed E-state index contributed by atoms with van der Waals surface area (Å²) in [6.45, 7) is 6.22. The molecule has 0 aromatic carbocycles. The fourth-order valence-corrected chi connectivity index (χ4v) is 1.64. The predicted molar refractivity (Wildman–Crippen MR) is 69.7 cm³/mol. The van der Waals surface area contributed by atoms with Crippen LogP contribution < -0.4 is 5.32 Å². The van der Waals surface area contributed by atoms with Gasteiger partial charge in [0.15, 0.2) is 0 Å². The second kappa shape index (κ2) is 6.85. The number of anilines is 1. The quantitative estimate of drug-likeness (QED) is 0.764. The minimum atomic E-state index is -0.0148. The van der Waals surface area contributed by atoms with Crippen LogP contribution >= 0.6 is 0 Å². The van der Waals surface area contributed by atoms with Crippen LogP contribution in [0.15, 0.2) is 0 Å². The normalized spacial score (nSPS) is 11.9. The zero-order valence-electron chi connectivity index (χ0n) is 10.8. The number of aromatic nitrogens is 3. The van der Waals surface area contributed by atoms with Crippen molar-refractivity contribution >= 4 is 5.95 Å². The summed E-state index contributed by atoms with van der Waals surface area (Å²) in [5.41, 5.74) is 1.96. The highest BCUT2D eigenvalue weighted by Gasteiger charge is 2.09. The van der Waals surface area contributed by atoms with Crippen LogP contribution in [-0.4, -0.2) is 21.2 Å². The van der Waals surface area contributed by atoms with Gasteiger partial charge in [-0.25, -0.2) is 4.98 Å². The van der Waals surface area contributed by atoms with Crippen molar-refractivity contribution in [3.05, 3.63) is 11.4 Å². The molecule has 1 atom stereocenters. The highest BCUT2D eigenvalue weighted by molar-refractivity contribution is 5.30. The number of nitrogens with zero attached hydrogens (tertiary/aromatic N) is 3. The van der Waals surface area contributed by atoms with E-state index in [0.717, 1.165) is 37.1 Å². The van der Waals surface area contributed by atoms with Crippen molar-refractivity contribution in [1.82, 2.24) is 15.2 Å². The molecule has 4 heteroatoms. The van der Waals surface area contributed by atoms with E-state index < -0.39 is 0 Å². The van der Waals surface area contributed by atoms with E-state index in [-0.39, 0.29) is 6.04 Å². The van der Waals surface area contributed by atoms with Crippen LogP contribution in [0.5, 0.6) is 0 Å². The monoisotopic (exact) mass is 232 g/mol. The Bertz CT molecular complexity index is 395. The SMILES string of the molecule is C#CC(CCC)Nc1nnc(CC)c(CC)n1. The highest BCUT2D eigenvalue weighted by atomic mass is 15.2. The Morgan fingerprint density at radius 2 is 1.88 bits per heavy atom. The number of hydrogen-bond donors (Lipinski definition) is 1. The summed E-state index contributed by atoms with van der Waals surface area (Å²) in [6.07, 6.45) is 9.11. The summed E-state index contributed by atoms with van der Waals surface area (Å²) in [5.74, 6) is 3.24. The van der Waals surface area contributed by atoms with Gasteiger partial charge in [-0.15, -0.1) is 11.5 Å². The maximum atomic E-state index is 5.44. The van der Waals surface area contributed by atoms with E-state index >= 15 is 0 Å². The first-order valence-electron chi connectivity index (χ1n) is 6.20. The Labute approximate surface area is 103 Å². The van der Waals surface area contributed by atoms with Gasteiger partial charge in [0.1, 0.15) is 0 Å². The number of nitrogens with one attached hydrogen (secondary N) is 1. The Kier molecular flexibility index (Phi) is 5.41. The molecule has 1 N–H and O–H groups in total. The molecule has 1 unspecified atom stereocenters. The molecule has 0 aliphatic carbocycles. The lowest BCUT2D eigenvalue weighted by atomic mass is 10.2. The summed E-state index contributed by atoms with van der Waals surface area (Å²) in [4.78, 5) is 4.45. The lowest BCUT2D eigenvalue weighted by Gasteiger charge is -2.12. The molecule has 1 aromatic rings. The Morgan fingerprint density at radius 1 is 1.18 bits per heavy atom. The van der Waals surface area contributed by atoms with Crippen LogP contribution in [0.25, 0.3) is 0 Å². The summed E-state index contributed by atoms with van der Waals surface area (Å²) in [7, 11) is 0. The summed E-state index contributed by atoms with van der Waals surface area (Å²) < 4.78 is 0. The maximum Gasteiger partial charge on any atom is 0.243 e. The molecular weight excluding hydrogens is 212 g/mol. The van der Waals surface area contributed by atoms with Crippen molar-refractivity contribution in [2.75, 3.05) is 5.32 Å². The van der Waals surface area contributed by atoms with Gasteiger partial charge in [0.2, 0.25) is 5.95 Å². The molecular formula is C13H20N4. The van der Waals surface area contributed by atoms with Crippen LogP contribution in [0.4, 0.5) is 5.95 Å². The average molecular weight is 232 g/mol. The molecule has 1 aromatic heterocycles. The van der Waals surface area contributed by atoms with Crippen LogP contribution in [0.3, 0.4) is 0 Å². The molecule has 1 heterocycles. The molecule has 0 saturated carbocycles. The van der Waals surface area contributed by atoms with Crippen molar-refractivity contribution in [2.45, 2.75) is 52.5 Å². The minimum Gasteiger partial charge on any atom is -0.339 e. The molecule has 0 spiro atoms. The zero-order chi connectivity index (χ0) is 12.7. The molecule has 0 bridgehead atoms. The van der Waals surface area contributed by atoms with Gasteiger partial charge < -0.3 is 5.32 Å². The second-order valence-corrected chi connectivity index (χ2v) is 3.89. The van der Waals surface area contributed by atoms with E-state index in [1.165, 1.54) is 0 Å². The van der Waals surface area contributed by atoms with Crippen molar-refractivity contribution in [1.29, 1.82) is 0 Å². The van der Waals surface area contributed by atoms with Crippen LogP contribution in [0.1, 0.15) is 45.0 Å². The standard InChI is InChI=1S/C13H20N4/c1-5-9-10(6-2)14-13-15-11(7-3)12(8-4)16-17-13/h2,10H,5,7-9H2,1,3-4H3,(H,14,15,17). The number of aryl methyl sites for hydroxylation is 2. The van der Waals surface area contributed by atoms with Crippen LogP contribution in [-0.2, 0) is 12.8 Å². The number of hydrogen-bond acceptors (Lipinski definition) is 4. The fourth-order valence-electron chi connectivity index (χ4n) is 1.64. The van der Waals surface area contributed by atoms with Crippen molar-refractivity contribution < 1.29 is 0 Å². The second-order valence-electron chi connectivity index (χ2n) is 3.89. The van der Waals surface area contributed by atoms with Crippen LogP contribution in [0.2, 0.25) is 0 Å². The number of terminal acetylenes is 1. The predicted octanol–water partition coefficient (Wildman–Crippen LogP) is 2.21. The van der Waals surface area contributed by atoms with Crippen molar-refractivity contribution in [2.24, 2.45) is 0 Å². The topological polar surface area (TPSA) is 50.7 Å². The molecule has 1 rings (SSSR count). The Hall–Kier alpha value is -1.63. The highest BCUT2D eigenvalue weighted by Crippen LogP contribution is 2.09. The molecule has 4 nitrogen and oxygen atoms in total. The molecule has 0 saturated heterocycles. The van der Waals surface area contributed by atoms with Gasteiger partial charge in [-0.05, 0) is 19.3 Å². The number of rotatable bonds is 6. The molecule has 0 amide bonds. The average Bonchev–Trinajstić information content (AvgIpc) is 2.38. The lowest BCUT2D eigenvalue weighted by Crippen LogP contribution is -2.20. The first-order valence-corrected chi connectivity index (χ1v) is 6.20. The first kappa shape index (κ1) is 13.4. The molecule has 17 heavy (non-hydrogen) atoms. The van der Waals surface area contributed by atoms with Gasteiger partial charge in [0.25, 0.3) is 0 Å². The van der Waals surface area contributed by atoms with Gasteiger partial charge in [-0.2, -0.15) is 5.10 Å². The van der Waals surface area contributed by atoms with Gasteiger partial charge in [-0.1, -0.05) is 33.1 Å². The zero-order valence-corrected chi connectivity index (χ0v) is 10.8. The molecule has 0 fully saturated rings. The maximum absolute atomic E-state index is 5.44. The smallest absolute Gasteiger partial charge is 0.243 e. The van der Waals surface area contributed by atoms with E-state index in [4.69, 9.17) is 6.42 Å². The third kappa shape index (κ3) is 3.70. The molecule has 0 aliphatic heterocycles. The van der Waals surface area contributed by atoms with Crippen LogP contribution in [0, 0.1) is 12.3 Å². The fraction of sp³-hybridized carbons (Fsp3) is 0.615. The molecule has 0 aliphatic rings. The summed E-state index contributed by atoms with van der Waals surface area (Å²) in [6, 6.07) is -0.0148. The summed E-state index contributed by atoms with van der Waals surface area (Å²) in [5, 5.41) is 11.4. The van der Waals surface area contributed by atoms with E-state index in [1.807, 2.05) is 0 Å². The lowest BCUT2D eigenvalue weighted by molar-refractivity contribution is 0.734. The Balaban J connectivity index is 2.82. The van der Waals surface area contributed by atoms with Gasteiger partial charge in [0.05, 0.1) is 17.4 Å². The third-order valence-electron chi connectivity index (χ3n) is 2.59. The van der Waals surface area contributed by atoms with E-state index in [0.29, 0.717) is 5.95 Å². The summed E-state index contributed by atoms with van der Waals surface area (Å²) >= 11 is 0. The van der Waals surface area contributed by atoms with Crippen molar-refractivity contribution in [3.63, 3.8) is 0 Å². The molecule has 92 valence electrons.